The molecule has 1 saturated heterocycles. The van der Waals surface area contributed by atoms with Gasteiger partial charge in [0.25, 0.3) is 0 Å². The SMILES string of the molecule is COC(=O)c1cc(S(=O)(=O)N2CCC[C@H]2C(=O)Nc2cccc(C#N)c2)cn1C. The molecule has 1 aliphatic heterocycles. The topological polar surface area (TPSA) is 122 Å². The number of carbonyl (C=O) groups is 2. The van der Waals surface area contributed by atoms with Crippen LogP contribution in [0.25, 0.3) is 0 Å². The fourth-order valence-electron chi connectivity index (χ4n) is 3.30. The van der Waals surface area contributed by atoms with Crippen molar-refractivity contribution in [3.8, 4) is 6.07 Å². The third-order valence-corrected chi connectivity index (χ3v) is 6.62. The van der Waals surface area contributed by atoms with Gasteiger partial charge in [0, 0.05) is 25.5 Å². The van der Waals surface area contributed by atoms with Gasteiger partial charge in [0.05, 0.1) is 18.7 Å². The average Bonchev–Trinajstić information content (AvgIpc) is 3.35. The van der Waals surface area contributed by atoms with Gasteiger partial charge in [-0.3, -0.25) is 4.79 Å². The first-order valence-electron chi connectivity index (χ1n) is 8.85. The summed E-state index contributed by atoms with van der Waals surface area (Å²) in [6.07, 6.45) is 2.23. The maximum atomic E-state index is 13.1. The Kier molecular flexibility index (Phi) is 5.72. The molecular weight excluding hydrogens is 396 g/mol. The number of nitriles is 1. The monoisotopic (exact) mass is 416 g/mol. The molecule has 1 aromatic heterocycles. The molecule has 9 nitrogen and oxygen atoms in total. The number of aryl methyl sites for hydroxylation is 1. The smallest absolute Gasteiger partial charge is 0.354 e. The van der Waals surface area contributed by atoms with E-state index in [0.29, 0.717) is 24.1 Å². The van der Waals surface area contributed by atoms with Crippen LogP contribution in [0, 0.1) is 11.3 Å². The molecule has 1 amide bonds. The Labute approximate surface area is 168 Å². The van der Waals surface area contributed by atoms with E-state index in [-0.39, 0.29) is 17.1 Å². The van der Waals surface area contributed by atoms with Gasteiger partial charge in [-0.05, 0) is 37.1 Å². The molecule has 1 atom stereocenters. The molecule has 0 radical (unpaired) electrons. The fourth-order valence-corrected chi connectivity index (χ4v) is 5.03. The highest BCUT2D eigenvalue weighted by Crippen LogP contribution is 2.28. The van der Waals surface area contributed by atoms with Gasteiger partial charge < -0.3 is 14.6 Å². The summed E-state index contributed by atoms with van der Waals surface area (Å²) in [4.78, 5) is 24.5. The minimum atomic E-state index is -3.99. The molecule has 0 spiro atoms. The maximum absolute atomic E-state index is 13.1. The van der Waals surface area contributed by atoms with E-state index in [4.69, 9.17) is 5.26 Å². The summed E-state index contributed by atoms with van der Waals surface area (Å²) in [5, 5.41) is 11.7. The predicted molar refractivity (Wildman–Crippen MR) is 103 cm³/mol. The zero-order valence-electron chi connectivity index (χ0n) is 16.0. The van der Waals surface area contributed by atoms with Gasteiger partial charge in [-0.15, -0.1) is 0 Å². The third-order valence-electron chi connectivity index (χ3n) is 4.75. The summed E-state index contributed by atoms with van der Waals surface area (Å²) in [7, 11) is -1.23. The lowest BCUT2D eigenvalue weighted by Crippen LogP contribution is -2.43. The molecule has 10 heteroatoms. The van der Waals surface area contributed by atoms with Crippen LogP contribution in [0.4, 0.5) is 5.69 Å². The van der Waals surface area contributed by atoms with Crippen LogP contribution in [0.1, 0.15) is 28.9 Å². The molecule has 29 heavy (non-hydrogen) atoms. The number of ether oxygens (including phenoxy) is 1. The molecule has 0 bridgehead atoms. The predicted octanol–water partition coefficient (Wildman–Crippen LogP) is 1.48. The minimum Gasteiger partial charge on any atom is -0.464 e. The number of benzene rings is 1. The van der Waals surface area contributed by atoms with Crippen molar-refractivity contribution in [2.24, 2.45) is 7.05 Å². The summed E-state index contributed by atoms with van der Waals surface area (Å²) in [5.41, 5.74) is 0.906. The van der Waals surface area contributed by atoms with Crippen molar-refractivity contribution in [1.29, 1.82) is 5.26 Å². The summed E-state index contributed by atoms with van der Waals surface area (Å²) in [5.74, 6) is -1.12. The number of nitrogens with one attached hydrogen (secondary N) is 1. The largest absolute Gasteiger partial charge is 0.464 e. The molecule has 1 aliphatic rings. The highest BCUT2D eigenvalue weighted by molar-refractivity contribution is 7.89. The van der Waals surface area contributed by atoms with Crippen LogP contribution >= 0.6 is 0 Å². The Morgan fingerprint density at radius 2 is 2.07 bits per heavy atom. The van der Waals surface area contributed by atoms with Gasteiger partial charge in [-0.1, -0.05) is 6.07 Å². The lowest BCUT2D eigenvalue weighted by molar-refractivity contribution is -0.119. The van der Waals surface area contributed by atoms with Crippen LogP contribution < -0.4 is 5.32 Å². The van der Waals surface area contributed by atoms with Crippen molar-refractivity contribution in [3.05, 3.63) is 47.8 Å². The van der Waals surface area contributed by atoms with E-state index < -0.39 is 27.9 Å². The quantitative estimate of drug-likeness (QED) is 0.737. The number of amides is 1. The first kappa shape index (κ1) is 20.6. The number of rotatable bonds is 5. The zero-order valence-corrected chi connectivity index (χ0v) is 16.8. The van der Waals surface area contributed by atoms with Gasteiger partial charge in [0.15, 0.2) is 0 Å². The van der Waals surface area contributed by atoms with Crippen molar-refractivity contribution in [2.45, 2.75) is 23.8 Å². The Hall–Kier alpha value is -3.16. The number of esters is 1. The molecule has 1 N–H and O–H groups in total. The van der Waals surface area contributed by atoms with Crippen LogP contribution in [0.15, 0.2) is 41.4 Å². The number of hydrogen-bond acceptors (Lipinski definition) is 6. The molecule has 152 valence electrons. The van der Waals surface area contributed by atoms with Gasteiger partial charge >= 0.3 is 5.97 Å². The number of anilines is 1. The highest BCUT2D eigenvalue weighted by Gasteiger charge is 2.40. The third kappa shape index (κ3) is 4.01. The van der Waals surface area contributed by atoms with Crippen molar-refractivity contribution in [1.82, 2.24) is 8.87 Å². The van der Waals surface area contributed by atoms with Gasteiger partial charge in [-0.25, -0.2) is 13.2 Å². The Morgan fingerprint density at radius 3 is 2.76 bits per heavy atom. The van der Waals surface area contributed by atoms with E-state index in [2.05, 4.69) is 10.1 Å². The summed E-state index contributed by atoms with van der Waals surface area (Å²) in [6.45, 7) is 0.196. The molecule has 2 heterocycles. The van der Waals surface area contributed by atoms with Crippen molar-refractivity contribution in [2.75, 3.05) is 19.0 Å². The lowest BCUT2D eigenvalue weighted by atomic mass is 10.2. The van der Waals surface area contributed by atoms with Crippen LogP contribution in [0.2, 0.25) is 0 Å². The zero-order chi connectivity index (χ0) is 21.2. The highest BCUT2D eigenvalue weighted by atomic mass is 32.2. The Bertz CT molecular complexity index is 1100. The number of nitrogens with zero attached hydrogens (tertiary/aromatic N) is 3. The van der Waals surface area contributed by atoms with E-state index in [0.717, 1.165) is 4.31 Å². The second-order valence-electron chi connectivity index (χ2n) is 6.62. The average molecular weight is 416 g/mol. The second kappa shape index (κ2) is 8.06. The Balaban J connectivity index is 1.85. The first-order valence-corrected chi connectivity index (χ1v) is 10.3. The van der Waals surface area contributed by atoms with Crippen molar-refractivity contribution in [3.63, 3.8) is 0 Å². The Morgan fingerprint density at radius 1 is 1.31 bits per heavy atom. The molecular formula is C19H20N4O5S. The van der Waals surface area contributed by atoms with Crippen LogP contribution in [0.3, 0.4) is 0 Å². The molecule has 0 aliphatic carbocycles. The standard InChI is InChI=1S/C19H20N4O5S/c1-22-12-15(10-17(22)19(25)28-2)29(26,27)23-8-4-7-16(23)18(24)21-14-6-3-5-13(9-14)11-20/h3,5-6,9-10,12,16H,4,7-8H2,1-2H3,(H,21,24)/t16-/m0/s1. The van der Waals surface area contributed by atoms with E-state index >= 15 is 0 Å². The fraction of sp³-hybridized carbons (Fsp3) is 0.316. The second-order valence-corrected chi connectivity index (χ2v) is 8.51. The maximum Gasteiger partial charge on any atom is 0.354 e. The number of sulfonamides is 1. The molecule has 0 unspecified atom stereocenters. The van der Waals surface area contributed by atoms with E-state index in [9.17, 15) is 18.0 Å². The number of hydrogen-bond donors (Lipinski definition) is 1. The van der Waals surface area contributed by atoms with Gasteiger partial charge in [-0.2, -0.15) is 9.57 Å². The summed E-state index contributed by atoms with van der Waals surface area (Å²) in [6, 6.07) is 8.74. The normalized spacial score (nSPS) is 16.9. The molecule has 2 aromatic rings. The lowest BCUT2D eigenvalue weighted by Gasteiger charge is -2.23. The molecule has 0 saturated carbocycles. The molecule has 1 fully saturated rings. The van der Waals surface area contributed by atoms with E-state index in [1.54, 1.807) is 25.2 Å². The van der Waals surface area contributed by atoms with Crippen molar-refractivity contribution < 1.29 is 22.7 Å². The van der Waals surface area contributed by atoms with Crippen LogP contribution in [-0.4, -0.2) is 48.9 Å². The van der Waals surface area contributed by atoms with Crippen LogP contribution in [0.5, 0.6) is 0 Å². The molecule has 1 aromatic carbocycles. The molecule has 3 rings (SSSR count). The number of aromatic nitrogens is 1. The van der Waals surface area contributed by atoms with E-state index in [1.807, 2.05) is 6.07 Å². The summed E-state index contributed by atoms with van der Waals surface area (Å²) >= 11 is 0. The van der Waals surface area contributed by atoms with Gasteiger partial charge in [0.1, 0.15) is 16.6 Å². The number of carbonyl (C=O) groups excluding carboxylic acids is 2. The van der Waals surface area contributed by atoms with Gasteiger partial charge in [0.2, 0.25) is 15.9 Å². The first-order chi connectivity index (χ1) is 13.8. The van der Waals surface area contributed by atoms with Crippen molar-refractivity contribution >= 4 is 27.6 Å². The summed E-state index contributed by atoms with van der Waals surface area (Å²) < 4.78 is 33.4. The minimum absolute atomic E-state index is 0.0772. The van der Waals surface area contributed by atoms with E-state index in [1.165, 1.54) is 30.0 Å². The van der Waals surface area contributed by atoms with Crippen LogP contribution in [-0.2, 0) is 26.6 Å². The number of methoxy groups -OCH3 is 1.